The van der Waals surface area contributed by atoms with Crippen LogP contribution in [0.4, 0.5) is 5.69 Å². The molecular weight excluding hydrogens is 571 g/mol. The standard InChI is InChI=1S/C44H49N3/c1-4-7-29-45-32-26-36(39-16-10-13-19-42(39)45)24-22-35(38-28-34-47(31-9-6-3)44-21-15-12-18-41(38)44)23-25-37-27-33-46(30-8-5-2)43-20-14-11-17-40(37)43/h10-28,32-34H,4-9,29-31H2,1-3H3/q+2. The number of unbranched alkanes of at least 4 members (excludes halogenated alkanes) is 3. The third-order valence-corrected chi connectivity index (χ3v) is 9.30. The molecule has 3 nitrogen and oxygen atoms in total. The number of aromatic nitrogens is 2. The number of aryl methyl sites for hydroxylation is 2. The van der Waals surface area contributed by atoms with Crippen LogP contribution in [0.5, 0.6) is 0 Å². The summed E-state index contributed by atoms with van der Waals surface area (Å²) < 4.78 is 4.81. The van der Waals surface area contributed by atoms with Crippen LogP contribution in [0.2, 0.25) is 0 Å². The summed E-state index contributed by atoms with van der Waals surface area (Å²) in [5.41, 5.74) is 10.1. The fourth-order valence-corrected chi connectivity index (χ4v) is 6.61. The topological polar surface area (TPSA) is 11.0 Å². The lowest BCUT2D eigenvalue weighted by molar-refractivity contribution is -0.672. The van der Waals surface area contributed by atoms with E-state index < -0.39 is 0 Å². The normalized spacial score (nSPS) is 14.1. The summed E-state index contributed by atoms with van der Waals surface area (Å²) in [5, 5.41) is 2.56. The molecule has 0 spiro atoms. The van der Waals surface area contributed by atoms with Crippen molar-refractivity contribution in [2.45, 2.75) is 72.4 Å². The zero-order chi connectivity index (χ0) is 32.4. The van der Waals surface area contributed by atoms with Crippen molar-refractivity contribution in [3.63, 3.8) is 0 Å². The van der Waals surface area contributed by atoms with Gasteiger partial charge in [-0.2, -0.15) is 9.13 Å². The monoisotopic (exact) mass is 619 g/mol. The van der Waals surface area contributed by atoms with Crippen molar-refractivity contribution >= 4 is 44.7 Å². The Balaban J connectivity index is 1.47. The first-order valence-electron chi connectivity index (χ1n) is 17.7. The molecule has 0 saturated heterocycles. The number of rotatable bonds is 13. The van der Waals surface area contributed by atoms with Crippen molar-refractivity contribution in [1.29, 1.82) is 0 Å². The highest BCUT2D eigenvalue weighted by Gasteiger charge is 2.17. The molecule has 1 aliphatic rings. The summed E-state index contributed by atoms with van der Waals surface area (Å²) in [6.07, 6.45) is 25.4. The fourth-order valence-electron chi connectivity index (χ4n) is 6.61. The van der Waals surface area contributed by atoms with E-state index in [0.29, 0.717) is 0 Å². The van der Waals surface area contributed by atoms with Crippen LogP contribution in [0.3, 0.4) is 0 Å². The van der Waals surface area contributed by atoms with E-state index in [4.69, 9.17) is 0 Å². The summed E-state index contributed by atoms with van der Waals surface area (Å²) in [6, 6.07) is 31.1. The minimum absolute atomic E-state index is 1.03. The summed E-state index contributed by atoms with van der Waals surface area (Å²) in [7, 11) is 0. The third-order valence-electron chi connectivity index (χ3n) is 9.30. The van der Waals surface area contributed by atoms with Crippen LogP contribution >= 0.6 is 0 Å². The molecule has 0 fully saturated rings. The quantitative estimate of drug-likeness (QED) is 0.0942. The molecule has 0 N–H and O–H groups in total. The average molecular weight is 620 g/mol. The minimum Gasteiger partial charge on any atom is -0.347 e. The lowest BCUT2D eigenvalue weighted by atomic mass is 9.96. The van der Waals surface area contributed by atoms with E-state index in [-0.39, 0.29) is 0 Å². The van der Waals surface area contributed by atoms with Gasteiger partial charge in [-0.15, -0.1) is 0 Å². The molecular formula is C44H49N3+2. The van der Waals surface area contributed by atoms with Crippen molar-refractivity contribution < 1.29 is 9.13 Å². The van der Waals surface area contributed by atoms with E-state index in [1.54, 1.807) is 0 Å². The Morgan fingerprint density at radius 2 is 1.32 bits per heavy atom. The molecule has 47 heavy (non-hydrogen) atoms. The maximum atomic E-state index is 2.41. The number of fused-ring (bicyclic) bond motifs is 3. The average Bonchev–Trinajstić information content (AvgIpc) is 3.12. The maximum Gasteiger partial charge on any atom is 0.213 e. The molecule has 0 atom stereocenters. The van der Waals surface area contributed by atoms with Gasteiger partial charge in [0.05, 0.1) is 10.8 Å². The SMILES string of the molecule is CCCCN1C=C/C(=C/C=C(/C=C/c2cc[n+](CCCC)c3ccccc23)c2cc[n+](CCCC)c3ccccc23)c2ccccc21. The number of hydrogen-bond acceptors (Lipinski definition) is 1. The van der Waals surface area contributed by atoms with E-state index in [2.05, 4.69) is 169 Å². The number of nitrogens with zero attached hydrogens (tertiary/aromatic N) is 3. The first-order valence-corrected chi connectivity index (χ1v) is 17.7. The van der Waals surface area contributed by atoms with E-state index in [9.17, 15) is 0 Å². The molecule has 0 aliphatic carbocycles. The van der Waals surface area contributed by atoms with Gasteiger partial charge in [0.15, 0.2) is 12.4 Å². The maximum absolute atomic E-state index is 2.41. The van der Waals surface area contributed by atoms with Crippen LogP contribution < -0.4 is 14.0 Å². The zero-order valence-electron chi connectivity index (χ0n) is 28.4. The van der Waals surface area contributed by atoms with Crippen LogP contribution in [0, 0.1) is 0 Å². The number of pyridine rings is 2. The van der Waals surface area contributed by atoms with Gasteiger partial charge in [-0.05, 0) is 47.4 Å². The van der Waals surface area contributed by atoms with Crippen LogP contribution in [0.25, 0.3) is 39.0 Å². The van der Waals surface area contributed by atoms with E-state index in [0.717, 1.165) is 19.6 Å². The summed E-state index contributed by atoms with van der Waals surface area (Å²) >= 11 is 0. The second-order valence-electron chi connectivity index (χ2n) is 12.6. The lowest BCUT2D eigenvalue weighted by Crippen LogP contribution is -2.34. The molecule has 1 aliphatic heterocycles. The van der Waals surface area contributed by atoms with Crippen molar-refractivity contribution in [1.82, 2.24) is 0 Å². The Kier molecular flexibility index (Phi) is 10.7. The van der Waals surface area contributed by atoms with Gasteiger partial charge in [0, 0.05) is 66.7 Å². The van der Waals surface area contributed by atoms with Gasteiger partial charge < -0.3 is 4.90 Å². The second-order valence-corrected chi connectivity index (χ2v) is 12.6. The van der Waals surface area contributed by atoms with Gasteiger partial charge in [0.2, 0.25) is 11.0 Å². The molecule has 0 bridgehead atoms. The van der Waals surface area contributed by atoms with Crippen LogP contribution in [0.1, 0.15) is 76.0 Å². The Labute approximate surface area is 281 Å². The van der Waals surface area contributed by atoms with Gasteiger partial charge >= 0.3 is 0 Å². The Bertz CT molecular complexity index is 1960. The van der Waals surface area contributed by atoms with Gasteiger partial charge in [-0.3, -0.25) is 0 Å². The Hall–Kier alpha value is -4.76. The van der Waals surface area contributed by atoms with Crippen molar-refractivity contribution in [3.8, 4) is 0 Å². The largest absolute Gasteiger partial charge is 0.347 e. The molecule has 238 valence electrons. The molecule has 3 heterocycles. The molecule has 3 heteroatoms. The summed E-state index contributed by atoms with van der Waals surface area (Å²) in [5.74, 6) is 0. The molecule has 0 amide bonds. The minimum atomic E-state index is 1.03. The zero-order valence-corrected chi connectivity index (χ0v) is 28.4. The van der Waals surface area contributed by atoms with E-state index >= 15 is 0 Å². The smallest absolute Gasteiger partial charge is 0.213 e. The summed E-state index contributed by atoms with van der Waals surface area (Å²) in [4.78, 5) is 2.40. The molecule has 0 radical (unpaired) electrons. The van der Waals surface area contributed by atoms with E-state index in [1.165, 1.54) is 93.9 Å². The van der Waals surface area contributed by atoms with Crippen LogP contribution in [-0.4, -0.2) is 6.54 Å². The molecule has 2 aromatic heterocycles. The van der Waals surface area contributed by atoms with Gasteiger partial charge in [0.1, 0.15) is 13.1 Å². The van der Waals surface area contributed by atoms with Crippen LogP contribution in [0.15, 0.2) is 128 Å². The number of benzene rings is 3. The highest BCUT2D eigenvalue weighted by Crippen LogP contribution is 2.34. The van der Waals surface area contributed by atoms with Crippen molar-refractivity contribution in [3.05, 3.63) is 145 Å². The number of hydrogen-bond donors (Lipinski definition) is 0. The predicted molar refractivity (Wildman–Crippen MR) is 201 cm³/mol. The number of para-hydroxylation sites is 3. The molecule has 3 aromatic carbocycles. The van der Waals surface area contributed by atoms with Crippen molar-refractivity contribution in [2.24, 2.45) is 0 Å². The third kappa shape index (κ3) is 7.30. The lowest BCUT2D eigenvalue weighted by Gasteiger charge is -2.27. The second kappa shape index (κ2) is 15.7. The van der Waals surface area contributed by atoms with Gasteiger partial charge in [-0.25, -0.2) is 0 Å². The first-order chi connectivity index (χ1) is 23.2. The predicted octanol–water partition coefficient (Wildman–Crippen LogP) is 10.5. The number of anilines is 1. The van der Waals surface area contributed by atoms with Gasteiger partial charge in [-0.1, -0.05) is 107 Å². The highest BCUT2D eigenvalue weighted by molar-refractivity contribution is 5.97. The first kappa shape index (κ1) is 32.2. The Morgan fingerprint density at radius 1 is 0.681 bits per heavy atom. The molecule has 0 unspecified atom stereocenters. The molecule has 6 rings (SSSR count). The van der Waals surface area contributed by atoms with E-state index in [1.807, 2.05) is 0 Å². The van der Waals surface area contributed by atoms with Crippen molar-refractivity contribution in [2.75, 3.05) is 11.4 Å². The Morgan fingerprint density at radius 3 is 2.06 bits per heavy atom. The van der Waals surface area contributed by atoms with Crippen LogP contribution in [-0.2, 0) is 13.1 Å². The fraction of sp³-hybridized carbons (Fsp3) is 0.273. The highest BCUT2D eigenvalue weighted by atomic mass is 15.1. The number of allylic oxidation sites excluding steroid dienone is 6. The van der Waals surface area contributed by atoms with Gasteiger partial charge in [0.25, 0.3) is 0 Å². The summed E-state index contributed by atoms with van der Waals surface area (Å²) in [6.45, 7) is 9.88. The molecule has 0 saturated carbocycles. The molecule has 5 aromatic rings.